The summed E-state index contributed by atoms with van der Waals surface area (Å²) in [4.78, 5) is 45.0. The second-order valence-corrected chi connectivity index (χ2v) is 9.18. The molecule has 1 saturated heterocycles. The van der Waals surface area contributed by atoms with Gasteiger partial charge in [-0.2, -0.15) is 0 Å². The average Bonchev–Trinajstić information content (AvgIpc) is 3.44. The molecule has 1 fully saturated rings. The molecule has 10 heteroatoms. The van der Waals surface area contributed by atoms with Gasteiger partial charge in [0.25, 0.3) is 5.78 Å². The van der Waals surface area contributed by atoms with Crippen LogP contribution < -0.4 is 14.4 Å². The molecule has 1 aliphatic rings. The molecular formula is C28H26N2O7S. The van der Waals surface area contributed by atoms with Crippen LogP contribution in [0.4, 0.5) is 5.13 Å². The number of nitrogens with zero attached hydrogens (tertiary/aromatic N) is 2. The van der Waals surface area contributed by atoms with E-state index in [1.165, 1.54) is 12.0 Å². The lowest BCUT2D eigenvalue weighted by molar-refractivity contribution is -0.132. The number of aryl methyl sites for hydroxylation is 1. The minimum absolute atomic E-state index is 0.106. The summed E-state index contributed by atoms with van der Waals surface area (Å²) in [6, 6.07) is 12.3. The molecule has 1 unspecified atom stereocenters. The number of carbonyl (C=O) groups is 3. The number of ketones is 1. The van der Waals surface area contributed by atoms with E-state index < -0.39 is 23.7 Å². The van der Waals surface area contributed by atoms with Crippen molar-refractivity contribution in [3.63, 3.8) is 0 Å². The highest BCUT2D eigenvalue weighted by atomic mass is 32.1. The van der Waals surface area contributed by atoms with Gasteiger partial charge in [0.2, 0.25) is 0 Å². The van der Waals surface area contributed by atoms with Gasteiger partial charge in [-0.05, 0) is 55.8 Å². The molecule has 4 rings (SSSR count). The first-order valence-electron chi connectivity index (χ1n) is 11.7. The van der Waals surface area contributed by atoms with Gasteiger partial charge in [-0.1, -0.05) is 36.1 Å². The molecule has 0 spiro atoms. The van der Waals surface area contributed by atoms with E-state index in [1.807, 2.05) is 0 Å². The van der Waals surface area contributed by atoms with E-state index in [-0.39, 0.29) is 27.9 Å². The summed E-state index contributed by atoms with van der Waals surface area (Å²) in [6.45, 7) is 7.44. The third-order valence-electron chi connectivity index (χ3n) is 5.82. The number of thiazole rings is 1. The number of benzene rings is 2. The summed E-state index contributed by atoms with van der Waals surface area (Å²) in [5.74, 6) is -1.52. The Kier molecular flexibility index (Phi) is 7.92. The first-order valence-corrected chi connectivity index (χ1v) is 12.6. The highest BCUT2D eigenvalue weighted by Crippen LogP contribution is 2.44. The van der Waals surface area contributed by atoms with Crippen LogP contribution in [0.5, 0.6) is 11.5 Å². The molecule has 0 bridgehead atoms. The fraction of sp³-hybridized carbons (Fsp3) is 0.214. The van der Waals surface area contributed by atoms with Crippen molar-refractivity contribution >= 4 is 39.9 Å². The maximum atomic E-state index is 13.4. The van der Waals surface area contributed by atoms with Crippen molar-refractivity contribution in [2.45, 2.75) is 19.9 Å². The smallest absolute Gasteiger partial charge is 0.350 e. The van der Waals surface area contributed by atoms with Crippen molar-refractivity contribution in [3.8, 4) is 11.5 Å². The van der Waals surface area contributed by atoms with Gasteiger partial charge in [0.1, 0.15) is 28.7 Å². The van der Waals surface area contributed by atoms with Crippen molar-refractivity contribution < 1.29 is 33.7 Å². The lowest BCUT2D eigenvalue weighted by Gasteiger charge is -2.23. The topological polar surface area (TPSA) is 115 Å². The Morgan fingerprint density at radius 2 is 1.79 bits per heavy atom. The van der Waals surface area contributed by atoms with Crippen molar-refractivity contribution in [2.24, 2.45) is 0 Å². The number of ether oxygens (including phenoxy) is 3. The SMILES string of the molecule is C=CCOc1ccc(C2/C(=C(\O)c3ccc(OC)cc3)C(=O)C(=O)N2c2nc(C)c(C(=O)OCC)s2)cc1. The van der Waals surface area contributed by atoms with Crippen molar-refractivity contribution in [1.82, 2.24) is 4.98 Å². The second-order valence-electron chi connectivity index (χ2n) is 8.20. The molecule has 38 heavy (non-hydrogen) atoms. The number of amides is 1. The average molecular weight is 535 g/mol. The van der Waals surface area contributed by atoms with Crippen LogP contribution >= 0.6 is 11.3 Å². The number of aliphatic hydroxyl groups is 1. The van der Waals surface area contributed by atoms with E-state index in [4.69, 9.17) is 14.2 Å². The van der Waals surface area contributed by atoms with Crippen LogP contribution in [0.3, 0.4) is 0 Å². The number of aliphatic hydroxyl groups excluding tert-OH is 1. The maximum Gasteiger partial charge on any atom is 0.350 e. The first kappa shape index (κ1) is 26.6. The molecule has 9 nitrogen and oxygen atoms in total. The van der Waals surface area contributed by atoms with Crippen LogP contribution in [-0.4, -0.2) is 48.1 Å². The van der Waals surface area contributed by atoms with E-state index in [1.54, 1.807) is 68.5 Å². The molecule has 196 valence electrons. The third-order valence-corrected chi connectivity index (χ3v) is 6.96. The zero-order valence-electron chi connectivity index (χ0n) is 21.1. The minimum Gasteiger partial charge on any atom is -0.507 e. The van der Waals surface area contributed by atoms with Crippen molar-refractivity contribution in [3.05, 3.63) is 88.5 Å². The molecule has 0 saturated carbocycles. The van der Waals surface area contributed by atoms with Crippen molar-refractivity contribution in [1.29, 1.82) is 0 Å². The predicted octanol–water partition coefficient (Wildman–Crippen LogP) is 4.83. The van der Waals surface area contributed by atoms with Gasteiger partial charge in [0.15, 0.2) is 5.13 Å². The van der Waals surface area contributed by atoms with Gasteiger partial charge in [-0.3, -0.25) is 14.5 Å². The molecule has 0 radical (unpaired) electrons. The fourth-order valence-corrected chi connectivity index (χ4v) is 5.01. The number of aromatic nitrogens is 1. The summed E-state index contributed by atoms with van der Waals surface area (Å²) >= 11 is 0.948. The minimum atomic E-state index is -1.01. The van der Waals surface area contributed by atoms with E-state index in [9.17, 15) is 19.5 Å². The van der Waals surface area contributed by atoms with Crippen LogP contribution in [0.15, 0.2) is 66.8 Å². The molecule has 1 aliphatic heterocycles. The van der Waals surface area contributed by atoms with Crippen LogP contribution in [0.2, 0.25) is 0 Å². The number of esters is 1. The molecule has 1 aromatic heterocycles. The number of carbonyl (C=O) groups excluding carboxylic acids is 3. The molecular weight excluding hydrogens is 508 g/mol. The predicted molar refractivity (Wildman–Crippen MR) is 143 cm³/mol. The Morgan fingerprint density at radius 1 is 1.13 bits per heavy atom. The van der Waals surface area contributed by atoms with Crippen LogP contribution in [0.25, 0.3) is 5.76 Å². The zero-order chi connectivity index (χ0) is 27.4. The Morgan fingerprint density at radius 3 is 2.39 bits per heavy atom. The third kappa shape index (κ3) is 5.03. The highest BCUT2D eigenvalue weighted by molar-refractivity contribution is 7.17. The van der Waals surface area contributed by atoms with Gasteiger partial charge in [0, 0.05) is 5.56 Å². The number of rotatable bonds is 9. The lowest BCUT2D eigenvalue weighted by atomic mass is 9.95. The zero-order valence-corrected chi connectivity index (χ0v) is 21.9. The van der Waals surface area contributed by atoms with Crippen molar-refractivity contribution in [2.75, 3.05) is 25.2 Å². The molecule has 1 atom stereocenters. The standard InChI is InChI=1S/C28H26N2O7S/c1-5-15-37-20-13-7-17(8-14-20)22-21(23(31)18-9-11-19(35-4)12-10-18)24(32)26(33)30(22)28-29-16(3)25(38-28)27(34)36-6-2/h5,7-14,22,31H,1,6,15H2,2-4H3/b23-21+. The lowest BCUT2D eigenvalue weighted by Crippen LogP contribution is -2.29. The summed E-state index contributed by atoms with van der Waals surface area (Å²) in [5.41, 5.74) is 1.14. The fourth-order valence-electron chi connectivity index (χ4n) is 4.02. The monoisotopic (exact) mass is 534 g/mol. The van der Waals surface area contributed by atoms with Gasteiger partial charge in [0.05, 0.1) is 31.0 Å². The highest BCUT2D eigenvalue weighted by Gasteiger charge is 2.48. The Bertz CT molecular complexity index is 1410. The quantitative estimate of drug-likeness (QED) is 0.137. The van der Waals surface area contributed by atoms with Crippen LogP contribution in [0, 0.1) is 6.92 Å². The van der Waals surface area contributed by atoms with Gasteiger partial charge in [-0.25, -0.2) is 9.78 Å². The summed E-state index contributed by atoms with van der Waals surface area (Å²) in [7, 11) is 1.52. The van der Waals surface area contributed by atoms with Crippen LogP contribution in [-0.2, 0) is 14.3 Å². The Balaban J connectivity index is 1.86. The summed E-state index contributed by atoms with van der Waals surface area (Å²) < 4.78 is 15.8. The number of methoxy groups -OCH3 is 1. The van der Waals surface area contributed by atoms with Gasteiger partial charge < -0.3 is 19.3 Å². The molecule has 2 heterocycles. The summed E-state index contributed by atoms with van der Waals surface area (Å²) in [6.07, 6.45) is 1.61. The molecule has 2 aromatic carbocycles. The normalized spacial score (nSPS) is 16.4. The molecule has 1 amide bonds. The summed E-state index contributed by atoms with van der Waals surface area (Å²) in [5, 5.41) is 11.4. The van der Waals surface area contributed by atoms with Crippen LogP contribution in [0.1, 0.15) is 39.5 Å². The Labute approximate surface area is 223 Å². The molecule has 3 aromatic rings. The molecule has 0 aliphatic carbocycles. The van der Waals surface area contributed by atoms with E-state index in [0.29, 0.717) is 34.9 Å². The van der Waals surface area contributed by atoms with E-state index in [0.717, 1.165) is 11.3 Å². The van der Waals surface area contributed by atoms with E-state index >= 15 is 0 Å². The maximum absolute atomic E-state index is 13.4. The Hall–Kier alpha value is -4.44. The largest absolute Gasteiger partial charge is 0.507 e. The number of anilines is 1. The van der Waals surface area contributed by atoms with E-state index in [2.05, 4.69) is 11.6 Å². The first-order chi connectivity index (χ1) is 18.3. The van der Waals surface area contributed by atoms with Gasteiger partial charge in [-0.15, -0.1) is 0 Å². The molecule has 1 N–H and O–H groups in total. The number of hydrogen-bond acceptors (Lipinski definition) is 9. The number of Topliss-reactive ketones (excluding diaryl/α,β-unsaturated/α-hetero) is 1. The second kappa shape index (κ2) is 11.3. The van der Waals surface area contributed by atoms with Gasteiger partial charge >= 0.3 is 11.9 Å². The number of hydrogen-bond donors (Lipinski definition) is 1.